The van der Waals surface area contributed by atoms with Gasteiger partial charge in [-0.3, -0.25) is 9.48 Å². The number of pyridine rings is 1. The maximum absolute atomic E-state index is 13.3. The summed E-state index contributed by atoms with van der Waals surface area (Å²) < 4.78 is 2.60. The van der Waals surface area contributed by atoms with Crippen molar-refractivity contribution >= 4 is 25.1 Å². The number of hydrogen-bond acceptors (Lipinski definition) is 3. The molecule has 27 heavy (non-hydrogen) atoms. The van der Waals surface area contributed by atoms with Gasteiger partial charge in [0.25, 0.3) is 5.91 Å². The van der Waals surface area contributed by atoms with E-state index in [0.717, 1.165) is 27.1 Å². The third kappa shape index (κ3) is 3.19. The number of aryl methyl sites for hydroxylation is 2. The fraction of sp³-hybridized carbons (Fsp3) is 0.250. The molecular weight excluding hydrogens is 360 g/mol. The molecule has 6 nitrogen and oxygen atoms in total. The average Bonchev–Trinajstić information content (AvgIpc) is 3.07. The van der Waals surface area contributed by atoms with Crippen LogP contribution in [0.3, 0.4) is 0 Å². The van der Waals surface area contributed by atoms with Gasteiger partial charge in [0.15, 0.2) is 11.9 Å². The summed E-state index contributed by atoms with van der Waals surface area (Å²) in [6.07, 6.45) is 3.18. The fourth-order valence-electron chi connectivity index (χ4n) is 3.39. The molecule has 3 heterocycles. The standard InChI is InChI=1S/C20H20N4O2.H2S/c1-13-4-6-17(7-5-13)22-12-15(3)24-19(20(22)25)18(11-21-24)16-8-9-23(26)14(2)10-16;/h4-11,15H,12H2,1-3H3;1H2/t15-;/m0./s1. The summed E-state index contributed by atoms with van der Waals surface area (Å²) in [5, 5.41) is 16.1. The molecule has 0 fully saturated rings. The van der Waals surface area contributed by atoms with Gasteiger partial charge in [-0.2, -0.15) is 23.3 Å². The monoisotopic (exact) mass is 382 g/mol. The Kier molecular flexibility index (Phi) is 4.97. The summed E-state index contributed by atoms with van der Waals surface area (Å²) in [6.45, 7) is 6.40. The van der Waals surface area contributed by atoms with Crippen molar-refractivity contribution in [3.8, 4) is 11.1 Å². The van der Waals surface area contributed by atoms with Crippen molar-refractivity contribution in [1.82, 2.24) is 9.78 Å². The molecule has 1 aliphatic rings. The van der Waals surface area contributed by atoms with E-state index in [1.54, 1.807) is 34.8 Å². The zero-order valence-electron chi connectivity index (χ0n) is 15.5. The molecule has 4 rings (SSSR count). The van der Waals surface area contributed by atoms with Crippen LogP contribution in [-0.2, 0) is 0 Å². The molecule has 0 saturated carbocycles. The number of carbonyl (C=O) groups excluding carboxylic acids is 1. The van der Waals surface area contributed by atoms with Gasteiger partial charge in [0.2, 0.25) is 0 Å². The molecule has 0 N–H and O–H groups in total. The summed E-state index contributed by atoms with van der Waals surface area (Å²) in [6, 6.07) is 11.5. The van der Waals surface area contributed by atoms with E-state index in [-0.39, 0.29) is 25.4 Å². The van der Waals surface area contributed by atoms with Crippen molar-refractivity contribution < 1.29 is 9.52 Å². The molecule has 0 unspecified atom stereocenters. The highest BCUT2D eigenvalue weighted by Crippen LogP contribution is 2.32. The van der Waals surface area contributed by atoms with Crippen LogP contribution in [-0.4, -0.2) is 22.2 Å². The lowest BCUT2D eigenvalue weighted by atomic mass is 10.0. The number of fused-ring (bicyclic) bond motifs is 1. The summed E-state index contributed by atoms with van der Waals surface area (Å²) in [7, 11) is 0. The van der Waals surface area contributed by atoms with Gasteiger partial charge in [-0.25, -0.2) is 0 Å². The van der Waals surface area contributed by atoms with E-state index in [1.807, 2.05) is 31.2 Å². The van der Waals surface area contributed by atoms with E-state index in [1.165, 1.54) is 6.20 Å². The number of nitrogens with zero attached hydrogens (tertiary/aromatic N) is 4. The number of aromatic nitrogens is 3. The Bertz CT molecular complexity index is 998. The Labute approximate surface area is 165 Å². The fourth-order valence-corrected chi connectivity index (χ4v) is 3.39. The van der Waals surface area contributed by atoms with Crippen LogP contribution in [0.15, 0.2) is 48.8 Å². The number of benzene rings is 1. The molecule has 3 aromatic rings. The molecule has 0 spiro atoms. The second-order valence-electron chi connectivity index (χ2n) is 6.83. The Morgan fingerprint density at radius 1 is 1.19 bits per heavy atom. The summed E-state index contributed by atoms with van der Waals surface area (Å²) in [4.78, 5) is 15.1. The van der Waals surface area contributed by atoms with Gasteiger partial charge in [-0.1, -0.05) is 17.7 Å². The Balaban J connectivity index is 0.00000210. The first kappa shape index (κ1) is 19.0. The second-order valence-corrected chi connectivity index (χ2v) is 6.83. The predicted octanol–water partition coefficient (Wildman–Crippen LogP) is 3.13. The normalized spacial score (nSPS) is 16.0. The van der Waals surface area contributed by atoms with Crippen molar-refractivity contribution in [2.45, 2.75) is 26.8 Å². The van der Waals surface area contributed by atoms with Crippen LogP contribution in [0.1, 0.15) is 34.7 Å². The van der Waals surface area contributed by atoms with Crippen LogP contribution in [0, 0.1) is 19.1 Å². The molecule has 1 amide bonds. The smallest absolute Gasteiger partial charge is 0.277 e. The second kappa shape index (κ2) is 7.08. The highest BCUT2D eigenvalue weighted by Gasteiger charge is 2.33. The zero-order chi connectivity index (χ0) is 18.4. The lowest BCUT2D eigenvalue weighted by Crippen LogP contribution is -2.42. The predicted molar refractivity (Wildman–Crippen MR) is 109 cm³/mol. The van der Waals surface area contributed by atoms with Gasteiger partial charge in [-0.05, 0) is 31.5 Å². The molecule has 0 bridgehead atoms. The summed E-state index contributed by atoms with van der Waals surface area (Å²) >= 11 is 0. The van der Waals surface area contributed by atoms with Crippen LogP contribution in [0.5, 0.6) is 0 Å². The number of hydrogen-bond donors (Lipinski definition) is 0. The first-order valence-electron chi connectivity index (χ1n) is 8.62. The molecule has 2 aromatic heterocycles. The molecule has 0 saturated heterocycles. The SMILES string of the molecule is Cc1ccc(N2C[C@H](C)n3ncc(-c4cc[n+]([O-])c(C)c4)c3C2=O)cc1.S. The first-order valence-corrected chi connectivity index (χ1v) is 8.62. The van der Waals surface area contributed by atoms with E-state index < -0.39 is 0 Å². The minimum atomic E-state index is -0.0732. The van der Waals surface area contributed by atoms with E-state index in [2.05, 4.69) is 12.0 Å². The number of carbonyl (C=O) groups is 1. The number of anilines is 1. The number of amides is 1. The maximum Gasteiger partial charge on any atom is 0.277 e. The lowest BCUT2D eigenvalue weighted by Gasteiger charge is -2.32. The van der Waals surface area contributed by atoms with Gasteiger partial charge in [0.05, 0.1) is 12.2 Å². The molecular formula is C20H22N4O2S. The third-order valence-corrected chi connectivity index (χ3v) is 4.87. The van der Waals surface area contributed by atoms with Crippen molar-refractivity contribution in [2.24, 2.45) is 0 Å². The van der Waals surface area contributed by atoms with Crippen LogP contribution in [0.2, 0.25) is 0 Å². The molecule has 0 radical (unpaired) electrons. The van der Waals surface area contributed by atoms with Crippen molar-refractivity contribution in [1.29, 1.82) is 0 Å². The van der Waals surface area contributed by atoms with Crippen LogP contribution >= 0.6 is 13.5 Å². The van der Waals surface area contributed by atoms with E-state index >= 15 is 0 Å². The van der Waals surface area contributed by atoms with Crippen molar-refractivity contribution in [3.05, 3.63) is 71.0 Å². The Hall–Kier alpha value is -2.80. The zero-order valence-corrected chi connectivity index (χ0v) is 16.5. The quantitative estimate of drug-likeness (QED) is 0.505. The van der Waals surface area contributed by atoms with Crippen LogP contribution in [0.4, 0.5) is 5.69 Å². The van der Waals surface area contributed by atoms with Crippen molar-refractivity contribution in [2.75, 3.05) is 11.4 Å². The highest BCUT2D eigenvalue weighted by atomic mass is 32.1. The largest absolute Gasteiger partial charge is 0.619 e. The molecule has 1 aliphatic heterocycles. The van der Waals surface area contributed by atoms with Gasteiger partial charge < -0.3 is 10.1 Å². The molecule has 1 atom stereocenters. The van der Waals surface area contributed by atoms with Crippen LogP contribution in [0.25, 0.3) is 11.1 Å². The van der Waals surface area contributed by atoms with E-state index in [9.17, 15) is 10.0 Å². The first-order chi connectivity index (χ1) is 12.5. The van der Waals surface area contributed by atoms with Crippen LogP contribution < -0.4 is 9.63 Å². The van der Waals surface area contributed by atoms with E-state index in [4.69, 9.17) is 0 Å². The van der Waals surface area contributed by atoms with Gasteiger partial charge in [0, 0.05) is 36.9 Å². The molecule has 0 aliphatic carbocycles. The lowest BCUT2D eigenvalue weighted by molar-refractivity contribution is -0.612. The Morgan fingerprint density at radius 2 is 1.89 bits per heavy atom. The van der Waals surface area contributed by atoms with Gasteiger partial charge in [-0.15, -0.1) is 0 Å². The minimum Gasteiger partial charge on any atom is -0.619 e. The molecule has 7 heteroatoms. The minimum absolute atomic E-state index is 0. The third-order valence-electron chi connectivity index (χ3n) is 4.87. The van der Waals surface area contributed by atoms with Crippen molar-refractivity contribution in [3.63, 3.8) is 0 Å². The Morgan fingerprint density at radius 3 is 2.56 bits per heavy atom. The number of rotatable bonds is 2. The maximum atomic E-state index is 13.3. The summed E-state index contributed by atoms with van der Waals surface area (Å²) in [5.74, 6) is -0.0732. The van der Waals surface area contributed by atoms with E-state index in [0.29, 0.717) is 17.9 Å². The summed E-state index contributed by atoms with van der Waals surface area (Å²) in [5.41, 5.74) is 4.75. The highest BCUT2D eigenvalue weighted by molar-refractivity contribution is 7.59. The topological polar surface area (TPSA) is 65.1 Å². The van der Waals surface area contributed by atoms with Gasteiger partial charge in [0.1, 0.15) is 5.69 Å². The molecule has 140 valence electrons. The average molecular weight is 382 g/mol. The van der Waals surface area contributed by atoms with Gasteiger partial charge >= 0.3 is 0 Å². The molecule has 1 aromatic carbocycles.